The van der Waals surface area contributed by atoms with Gasteiger partial charge in [0.05, 0.1) is 5.69 Å². The van der Waals surface area contributed by atoms with Gasteiger partial charge in [0.15, 0.2) is 11.6 Å². The molecule has 1 saturated carbocycles. The molecule has 3 N–H and O–H groups in total. The number of hydrogen-bond donors (Lipinski definition) is 2. The lowest BCUT2D eigenvalue weighted by Gasteiger charge is -2.13. The first-order valence-corrected chi connectivity index (χ1v) is 5.17. The van der Waals surface area contributed by atoms with Crippen molar-refractivity contribution in [1.29, 1.82) is 0 Å². The summed E-state index contributed by atoms with van der Waals surface area (Å²) in [5.41, 5.74) is 5.82. The zero-order valence-corrected chi connectivity index (χ0v) is 9.90. The van der Waals surface area contributed by atoms with Gasteiger partial charge in [0.25, 0.3) is 0 Å². The number of nitrogens with one attached hydrogen (secondary N) is 1. The first-order chi connectivity index (χ1) is 6.68. The monoisotopic (exact) mass is 211 g/mol. The van der Waals surface area contributed by atoms with Crippen molar-refractivity contribution in [2.45, 2.75) is 40.0 Å². The van der Waals surface area contributed by atoms with Crippen LogP contribution in [0.1, 0.15) is 40.3 Å². The minimum absolute atomic E-state index is 0.0373. The van der Waals surface area contributed by atoms with E-state index in [1.54, 1.807) is 0 Å². The van der Waals surface area contributed by atoms with Gasteiger partial charge in [0.1, 0.15) is 0 Å². The molecule has 1 fully saturated rings. The van der Waals surface area contributed by atoms with E-state index in [0.29, 0.717) is 5.69 Å². The molecule has 15 heavy (non-hydrogen) atoms. The summed E-state index contributed by atoms with van der Waals surface area (Å²) in [5.74, 6) is -0.430. The number of nitrogens with zero attached hydrogens (tertiary/aromatic N) is 1. The second-order valence-electron chi connectivity index (χ2n) is 5.67. The van der Waals surface area contributed by atoms with Crippen LogP contribution in [0.15, 0.2) is 0 Å². The molecule has 0 spiro atoms. The van der Waals surface area contributed by atoms with Crippen molar-refractivity contribution in [1.82, 2.24) is 10.2 Å². The Morgan fingerprint density at radius 3 is 1.87 bits per heavy atom. The fourth-order valence-electron chi connectivity index (χ4n) is 2.89. The molecule has 3 nitrogen and oxygen atoms in total. The average Bonchev–Trinajstić information content (AvgIpc) is 2.45. The van der Waals surface area contributed by atoms with Gasteiger partial charge in [-0.05, 0) is 10.8 Å². The first kappa shape index (κ1) is 10.5. The maximum absolute atomic E-state index is 13.8. The number of nitrogens with two attached hydrogens (primary N) is 1. The van der Waals surface area contributed by atoms with Gasteiger partial charge in [0.2, 0.25) is 0 Å². The Morgan fingerprint density at radius 1 is 1.13 bits per heavy atom. The molecular weight excluding hydrogens is 193 g/mol. The van der Waals surface area contributed by atoms with Crippen LogP contribution in [0.25, 0.3) is 0 Å². The van der Waals surface area contributed by atoms with E-state index in [1.807, 2.05) is 0 Å². The van der Waals surface area contributed by atoms with E-state index < -0.39 is 5.82 Å². The minimum atomic E-state index is -0.392. The topological polar surface area (TPSA) is 54.7 Å². The highest BCUT2D eigenvalue weighted by molar-refractivity contribution is 5.44. The lowest BCUT2D eigenvalue weighted by Crippen LogP contribution is -2.14. The molecule has 2 rings (SSSR count). The Bertz CT molecular complexity index is 403. The molecule has 1 heterocycles. The van der Waals surface area contributed by atoms with Gasteiger partial charge in [-0.15, -0.1) is 0 Å². The number of H-pyrrole nitrogens is 1. The number of anilines is 1. The SMILES string of the molecule is CC1(C)C(C)(C)C1(C)c1[nH]nc(N)c1F. The van der Waals surface area contributed by atoms with Crippen LogP contribution >= 0.6 is 0 Å². The molecule has 4 heteroatoms. The smallest absolute Gasteiger partial charge is 0.188 e. The molecule has 0 unspecified atom stereocenters. The van der Waals surface area contributed by atoms with Crippen LogP contribution in [0.5, 0.6) is 0 Å². The number of halogens is 1. The number of aromatic nitrogens is 2. The fraction of sp³-hybridized carbons (Fsp3) is 0.727. The highest BCUT2D eigenvalue weighted by Crippen LogP contribution is 2.77. The lowest BCUT2D eigenvalue weighted by atomic mass is 9.93. The molecule has 0 saturated heterocycles. The van der Waals surface area contributed by atoms with Gasteiger partial charge in [-0.2, -0.15) is 5.10 Å². The van der Waals surface area contributed by atoms with Gasteiger partial charge in [-0.3, -0.25) is 5.10 Å². The summed E-state index contributed by atoms with van der Waals surface area (Å²) in [6, 6.07) is 0. The van der Waals surface area contributed by atoms with Crippen LogP contribution in [0, 0.1) is 16.6 Å². The third-order valence-corrected chi connectivity index (χ3v) is 5.23. The highest BCUT2D eigenvalue weighted by atomic mass is 19.1. The van der Waals surface area contributed by atoms with E-state index >= 15 is 0 Å². The molecule has 0 amide bonds. The summed E-state index contributed by atoms with van der Waals surface area (Å²) < 4.78 is 13.8. The standard InChI is InChI=1S/C11H18FN3/c1-9(2)10(3,4)11(9,5)7-6(12)8(13)15-14-7/h1-5H3,(H3,13,14,15). The fourth-order valence-corrected chi connectivity index (χ4v) is 2.89. The predicted molar refractivity (Wildman–Crippen MR) is 57.9 cm³/mol. The van der Waals surface area contributed by atoms with Crippen molar-refractivity contribution in [3.8, 4) is 0 Å². The van der Waals surface area contributed by atoms with Gasteiger partial charge < -0.3 is 5.73 Å². The molecule has 0 aromatic carbocycles. The Balaban J connectivity index is 2.56. The maximum atomic E-state index is 13.8. The zero-order chi connectivity index (χ0) is 11.6. The first-order valence-electron chi connectivity index (χ1n) is 5.17. The quantitative estimate of drug-likeness (QED) is 0.749. The number of nitrogen functional groups attached to an aromatic ring is 1. The van der Waals surface area contributed by atoms with Gasteiger partial charge in [-0.25, -0.2) is 4.39 Å². The summed E-state index contributed by atoms with van der Waals surface area (Å²) in [4.78, 5) is 0. The van der Waals surface area contributed by atoms with Crippen molar-refractivity contribution >= 4 is 5.82 Å². The molecule has 1 aliphatic carbocycles. The van der Waals surface area contributed by atoms with E-state index in [0.717, 1.165) is 0 Å². The van der Waals surface area contributed by atoms with E-state index in [-0.39, 0.29) is 22.1 Å². The van der Waals surface area contributed by atoms with E-state index in [2.05, 4.69) is 44.8 Å². The largest absolute Gasteiger partial charge is 0.380 e. The third kappa shape index (κ3) is 0.840. The normalized spacial score (nSPS) is 25.2. The van der Waals surface area contributed by atoms with Crippen LogP contribution in [-0.2, 0) is 5.41 Å². The molecule has 1 aromatic rings. The van der Waals surface area contributed by atoms with E-state index in [1.165, 1.54) is 0 Å². The molecule has 1 aromatic heterocycles. The number of rotatable bonds is 1. The Kier molecular flexibility index (Phi) is 1.65. The molecular formula is C11H18FN3. The van der Waals surface area contributed by atoms with Crippen LogP contribution in [-0.4, -0.2) is 10.2 Å². The Labute approximate surface area is 89.2 Å². The van der Waals surface area contributed by atoms with Crippen molar-refractivity contribution < 1.29 is 4.39 Å². The summed E-state index contributed by atoms with van der Waals surface area (Å²) in [6.45, 7) is 10.6. The van der Waals surface area contributed by atoms with Gasteiger partial charge >= 0.3 is 0 Å². The van der Waals surface area contributed by atoms with Crippen molar-refractivity contribution in [2.24, 2.45) is 10.8 Å². The van der Waals surface area contributed by atoms with Gasteiger partial charge in [-0.1, -0.05) is 34.6 Å². The lowest BCUT2D eigenvalue weighted by molar-refractivity contribution is 0.457. The molecule has 84 valence electrons. The summed E-state index contributed by atoms with van der Waals surface area (Å²) in [6.07, 6.45) is 0. The van der Waals surface area contributed by atoms with Crippen LogP contribution in [0.2, 0.25) is 0 Å². The highest BCUT2D eigenvalue weighted by Gasteiger charge is 2.76. The summed E-state index contributed by atoms with van der Waals surface area (Å²) in [5, 5.41) is 6.47. The Morgan fingerprint density at radius 2 is 1.60 bits per heavy atom. The van der Waals surface area contributed by atoms with Gasteiger partial charge in [0, 0.05) is 5.41 Å². The van der Waals surface area contributed by atoms with E-state index in [9.17, 15) is 4.39 Å². The van der Waals surface area contributed by atoms with Crippen LogP contribution in [0.4, 0.5) is 10.2 Å². The molecule has 0 aliphatic heterocycles. The molecule has 0 radical (unpaired) electrons. The molecule has 0 atom stereocenters. The second-order valence-corrected chi connectivity index (χ2v) is 5.67. The van der Waals surface area contributed by atoms with Crippen molar-refractivity contribution in [3.63, 3.8) is 0 Å². The zero-order valence-electron chi connectivity index (χ0n) is 9.90. The maximum Gasteiger partial charge on any atom is 0.188 e. The van der Waals surface area contributed by atoms with Crippen molar-refractivity contribution in [2.75, 3.05) is 5.73 Å². The Hall–Kier alpha value is -1.06. The second kappa shape index (κ2) is 2.36. The predicted octanol–water partition coefficient (Wildman–Crippen LogP) is 2.45. The average molecular weight is 211 g/mol. The summed E-state index contributed by atoms with van der Waals surface area (Å²) >= 11 is 0. The van der Waals surface area contributed by atoms with Crippen LogP contribution in [0.3, 0.4) is 0 Å². The number of aromatic amines is 1. The minimum Gasteiger partial charge on any atom is -0.380 e. The van der Waals surface area contributed by atoms with E-state index in [4.69, 9.17) is 5.73 Å². The third-order valence-electron chi connectivity index (χ3n) is 5.23. The van der Waals surface area contributed by atoms with Crippen LogP contribution < -0.4 is 5.73 Å². The number of hydrogen-bond acceptors (Lipinski definition) is 2. The molecule has 0 bridgehead atoms. The van der Waals surface area contributed by atoms with Crippen molar-refractivity contribution in [3.05, 3.63) is 11.5 Å². The molecule has 1 aliphatic rings. The summed E-state index contributed by atoms with van der Waals surface area (Å²) in [7, 11) is 0.